The van der Waals surface area contributed by atoms with E-state index in [1.165, 1.54) is 0 Å². The van der Waals surface area contributed by atoms with Gasteiger partial charge in [-0.05, 0) is 47.5 Å². The van der Waals surface area contributed by atoms with Crippen LogP contribution in [0.4, 0.5) is 0 Å². The number of para-hydroxylation sites is 2. The van der Waals surface area contributed by atoms with E-state index in [1.54, 1.807) is 24.3 Å². The van der Waals surface area contributed by atoms with Gasteiger partial charge >= 0.3 is 0 Å². The van der Waals surface area contributed by atoms with Crippen LogP contribution < -0.4 is 25.6 Å². The molecular weight excluding hydrogens is 462 g/mol. The van der Waals surface area contributed by atoms with Crippen LogP contribution in [0.2, 0.25) is 0 Å². The lowest BCUT2D eigenvalue weighted by Crippen LogP contribution is -2.49. The van der Waals surface area contributed by atoms with E-state index in [1.807, 2.05) is 54.6 Å². The third-order valence-electron chi connectivity index (χ3n) is 5.07. The summed E-state index contributed by atoms with van der Waals surface area (Å²) >= 11 is 5.14. The first-order chi connectivity index (χ1) is 16.9. The molecule has 0 fully saturated rings. The van der Waals surface area contributed by atoms with Crippen molar-refractivity contribution >= 4 is 29.1 Å². The first-order valence-corrected chi connectivity index (χ1v) is 11.7. The molecule has 7 nitrogen and oxygen atoms in total. The van der Waals surface area contributed by atoms with Gasteiger partial charge in [-0.15, -0.1) is 0 Å². The van der Waals surface area contributed by atoms with Gasteiger partial charge in [0, 0.05) is 6.42 Å². The Kier molecular flexibility index (Phi) is 9.62. The van der Waals surface area contributed by atoms with Crippen LogP contribution in [0.1, 0.15) is 41.3 Å². The van der Waals surface area contributed by atoms with Crippen molar-refractivity contribution in [2.24, 2.45) is 0 Å². The average molecular weight is 492 g/mol. The lowest BCUT2D eigenvalue weighted by molar-refractivity contribution is -0.123. The van der Waals surface area contributed by atoms with Gasteiger partial charge in [-0.2, -0.15) is 0 Å². The highest BCUT2D eigenvalue weighted by Gasteiger charge is 2.14. The fraction of sp³-hybridized carbons (Fsp3) is 0.222. The zero-order chi connectivity index (χ0) is 25.0. The molecule has 0 bridgehead atoms. The Labute approximate surface area is 210 Å². The number of benzene rings is 3. The highest BCUT2D eigenvalue weighted by atomic mass is 32.1. The summed E-state index contributed by atoms with van der Waals surface area (Å²) in [7, 11) is 0. The summed E-state index contributed by atoms with van der Waals surface area (Å²) in [4.78, 5) is 24.9. The van der Waals surface area contributed by atoms with Crippen LogP contribution in [-0.4, -0.2) is 30.1 Å². The van der Waals surface area contributed by atoms with Gasteiger partial charge < -0.3 is 9.47 Å². The molecule has 0 aliphatic rings. The van der Waals surface area contributed by atoms with E-state index in [0.717, 1.165) is 11.1 Å². The van der Waals surface area contributed by atoms with Crippen LogP contribution in [0, 0.1) is 0 Å². The van der Waals surface area contributed by atoms with Crippen molar-refractivity contribution in [3.63, 3.8) is 0 Å². The molecule has 3 N–H and O–H groups in total. The number of carbonyl (C=O) groups is 2. The van der Waals surface area contributed by atoms with Gasteiger partial charge in [0.05, 0.1) is 12.2 Å². The number of amides is 2. The number of thiocarbonyl (C=S) groups is 1. The Morgan fingerprint density at radius 3 is 2.23 bits per heavy atom. The molecule has 0 aliphatic heterocycles. The molecule has 0 aromatic heterocycles. The highest BCUT2D eigenvalue weighted by Crippen LogP contribution is 2.25. The first-order valence-electron chi connectivity index (χ1n) is 11.3. The van der Waals surface area contributed by atoms with E-state index in [2.05, 4.69) is 30.0 Å². The second-order valence-electron chi connectivity index (χ2n) is 8.02. The summed E-state index contributed by atoms with van der Waals surface area (Å²) in [6, 6.07) is 24.4. The molecule has 0 unspecified atom stereocenters. The maximum Gasteiger partial charge on any atom is 0.276 e. The number of carbonyl (C=O) groups excluding carboxylic acids is 2. The molecule has 0 spiro atoms. The van der Waals surface area contributed by atoms with Crippen LogP contribution >= 0.6 is 12.2 Å². The summed E-state index contributed by atoms with van der Waals surface area (Å²) in [5.41, 5.74) is 7.44. The van der Waals surface area contributed by atoms with Gasteiger partial charge in [-0.3, -0.25) is 25.8 Å². The van der Waals surface area contributed by atoms with Crippen molar-refractivity contribution in [1.82, 2.24) is 16.2 Å². The largest absolute Gasteiger partial charge is 0.492 e. The predicted octanol–water partition coefficient (Wildman–Crippen LogP) is 4.15. The van der Waals surface area contributed by atoms with Gasteiger partial charge in [-0.1, -0.05) is 74.5 Å². The molecule has 8 heteroatoms. The van der Waals surface area contributed by atoms with Crippen molar-refractivity contribution in [2.75, 3.05) is 13.2 Å². The highest BCUT2D eigenvalue weighted by molar-refractivity contribution is 7.80. The fourth-order valence-corrected chi connectivity index (χ4v) is 3.44. The molecule has 182 valence electrons. The molecule has 0 aliphatic carbocycles. The molecule has 3 aromatic carbocycles. The smallest absolute Gasteiger partial charge is 0.276 e. The van der Waals surface area contributed by atoms with Crippen LogP contribution in [0.3, 0.4) is 0 Å². The summed E-state index contributed by atoms with van der Waals surface area (Å²) in [5.74, 6) is 0.474. The second kappa shape index (κ2) is 13.1. The Morgan fingerprint density at radius 1 is 0.829 bits per heavy atom. The molecule has 3 aromatic rings. The van der Waals surface area contributed by atoms with E-state index in [4.69, 9.17) is 21.7 Å². The average Bonchev–Trinajstić information content (AvgIpc) is 2.87. The lowest BCUT2D eigenvalue weighted by Gasteiger charge is -2.15. The number of hydrazine groups is 1. The van der Waals surface area contributed by atoms with E-state index in [-0.39, 0.29) is 17.6 Å². The van der Waals surface area contributed by atoms with Crippen LogP contribution in [0.5, 0.6) is 11.5 Å². The second-order valence-corrected chi connectivity index (χ2v) is 8.43. The minimum absolute atomic E-state index is 0.0509. The van der Waals surface area contributed by atoms with Crippen molar-refractivity contribution in [3.05, 3.63) is 95.6 Å². The summed E-state index contributed by atoms with van der Waals surface area (Å²) in [6.45, 7) is 4.33. The first kappa shape index (κ1) is 25.7. The molecule has 2 amide bonds. The molecule has 3 rings (SSSR count). The molecule has 0 radical (unpaired) electrons. The summed E-state index contributed by atoms with van der Waals surface area (Å²) in [6.07, 6.45) is 0.715. The Morgan fingerprint density at radius 2 is 1.49 bits per heavy atom. The number of hydrogen-bond acceptors (Lipinski definition) is 5. The maximum atomic E-state index is 12.7. The molecule has 0 saturated carbocycles. The monoisotopic (exact) mass is 491 g/mol. The lowest BCUT2D eigenvalue weighted by atomic mass is 10.0. The zero-order valence-electron chi connectivity index (χ0n) is 19.7. The van der Waals surface area contributed by atoms with Gasteiger partial charge in [0.15, 0.2) is 11.7 Å². The van der Waals surface area contributed by atoms with Crippen LogP contribution in [-0.2, 0) is 11.2 Å². The quantitative estimate of drug-likeness (QED) is 0.308. The zero-order valence-corrected chi connectivity index (χ0v) is 20.6. The van der Waals surface area contributed by atoms with Crippen molar-refractivity contribution in [2.45, 2.75) is 26.2 Å². The fourth-order valence-electron chi connectivity index (χ4n) is 3.30. The summed E-state index contributed by atoms with van der Waals surface area (Å²) in [5, 5.41) is 2.49. The van der Waals surface area contributed by atoms with Crippen molar-refractivity contribution in [1.29, 1.82) is 0 Å². The number of hydrogen-bond donors (Lipinski definition) is 3. The number of rotatable bonds is 9. The molecule has 0 atom stereocenters. The third-order valence-corrected chi connectivity index (χ3v) is 5.27. The van der Waals surface area contributed by atoms with Gasteiger partial charge in [0.25, 0.3) is 11.8 Å². The van der Waals surface area contributed by atoms with E-state index < -0.39 is 11.8 Å². The molecule has 0 saturated heterocycles. The standard InChI is InChI=1S/C27H29N3O4S/c1-19(2)21-12-6-8-14-23(21)34-18-25(31)29-30-27(35)28-26(32)22-13-7-9-15-24(22)33-17-16-20-10-4-3-5-11-20/h3-15,19H,16-18H2,1-2H3,(H,29,31)(H2,28,30,32,35). The van der Waals surface area contributed by atoms with E-state index in [0.29, 0.717) is 30.1 Å². The number of ether oxygens (including phenoxy) is 2. The Bertz CT molecular complexity index is 1150. The van der Waals surface area contributed by atoms with Gasteiger partial charge in [0.2, 0.25) is 0 Å². The van der Waals surface area contributed by atoms with Crippen LogP contribution in [0.15, 0.2) is 78.9 Å². The van der Waals surface area contributed by atoms with E-state index >= 15 is 0 Å². The molecule has 35 heavy (non-hydrogen) atoms. The topological polar surface area (TPSA) is 88.7 Å². The SMILES string of the molecule is CC(C)c1ccccc1OCC(=O)NNC(=S)NC(=O)c1ccccc1OCCc1ccccc1. The molecular formula is C27H29N3O4S. The maximum absolute atomic E-state index is 12.7. The predicted molar refractivity (Wildman–Crippen MR) is 139 cm³/mol. The summed E-state index contributed by atoms with van der Waals surface area (Å²) < 4.78 is 11.5. The minimum Gasteiger partial charge on any atom is -0.492 e. The van der Waals surface area contributed by atoms with Crippen molar-refractivity contribution < 1.29 is 19.1 Å². The molecule has 0 heterocycles. The third kappa shape index (κ3) is 8.12. The Hall–Kier alpha value is -3.91. The number of nitrogens with one attached hydrogen (secondary N) is 3. The Balaban J connectivity index is 1.45. The van der Waals surface area contributed by atoms with Crippen molar-refractivity contribution in [3.8, 4) is 11.5 Å². The van der Waals surface area contributed by atoms with E-state index in [9.17, 15) is 9.59 Å². The van der Waals surface area contributed by atoms with Crippen LogP contribution in [0.25, 0.3) is 0 Å². The normalized spacial score (nSPS) is 10.4. The van der Waals surface area contributed by atoms with Gasteiger partial charge in [-0.25, -0.2) is 0 Å². The minimum atomic E-state index is -0.450. The van der Waals surface area contributed by atoms with Gasteiger partial charge in [0.1, 0.15) is 11.5 Å².